The summed E-state index contributed by atoms with van der Waals surface area (Å²) in [6.07, 6.45) is 2.24. The van der Waals surface area contributed by atoms with Crippen molar-refractivity contribution in [3.63, 3.8) is 0 Å². The Bertz CT molecular complexity index is 817. The lowest BCUT2D eigenvalue weighted by Gasteiger charge is -2.38. The highest BCUT2D eigenvalue weighted by Crippen LogP contribution is 2.42. The molecule has 2 fully saturated rings. The molecule has 2 amide bonds. The van der Waals surface area contributed by atoms with Crippen LogP contribution in [0, 0.1) is 12.8 Å². The number of nitrogens with zero attached hydrogens (tertiary/aromatic N) is 3. The van der Waals surface area contributed by atoms with Gasteiger partial charge in [0.15, 0.2) is 11.6 Å². The second-order valence-electron chi connectivity index (χ2n) is 7.21. The van der Waals surface area contributed by atoms with E-state index in [9.17, 15) is 9.59 Å². The first kappa shape index (κ1) is 16.8. The van der Waals surface area contributed by atoms with Crippen molar-refractivity contribution in [3.8, 4) is 0 Å². The van der Waals surface area contributed by atoms with Gasteiger partial charge in [0.25, 0.3) is 5.91 Å². The summed E-state index contributed by atoms with van der Waals surface area (Å²) in [5, 5.41) is 0. The number of aryl methyl sites for hydroxylation is 1. The molecule has 0 aliphatic carbocycles. The topological polar surface area (TPSA) is 66.7 Å². The molecule has 0 spiro atoms. The summed E-state index contributed by atoms with van der Waals surface area (Å²) in [4.78, 5) is 33.0. The van der Waals surface area contributed by atoms with Gasteiger partial charge < -0.3 is 14.2 Å². The molecular formula is C20H23N3O3. The molecule has 1 aromatic heterocycles. The van der Waals surface area contributed by atoms with E-state index in [1.807, 2.05) is 28.0 Å². The first-order valence-corrected chi connectivity index (χ1v) is 9.08. The lowest BCUT2D eigenvalue weighted by Crippen LogP contribution is -2.49. The Morgan fingerprint density at radius 2 is 1.96 bits per heavy atom. The molecule has 0 saturated carbocycles. The number of piperidine rings is 1. The Morgan fingerprint density at radius 1 is 1.19 bits per heavy atom. The smallest absolute Gasteiger partial charge is 0.276 e. The van der Waals surface area contributed by atoms with Gasteiger partial charge in [-0.1, -0.05) is 30.3 Å². The van der Waals surface area contributed by atoms with Gasteiger partial charge in [0.05, 0.1) is 0 Å². The van der Waals surface area contributed by atoms with Gasteiger partial charge >= 0.3 is 0 Å². The fourth-order valence-electron chi connectivity index (χ4n) is 4.42. The minimum absolute atomic E-state index is 0.0773. The van der Waals surface area contributed by atoms with E-state index in [4.69, 9.17) is 4.42 Å². The fourth-order valence-corrected chi connectivity index (χ4v) is 4.42. The van der Waals surface area contributed by atoms with Crippen LogP contribution < -0.4 is 0 Å². The number of likely N-dealkylation sites (tertiary alicyclic amines) is 2. The molecule has 0 N–H and O–H groups in total. The monoisotopic (exact) mass is 353 g/mol. The molecule has 6 nitrogen and oxygen atoms in total. The molecule has 3 heterocycles. The maximum atomic E-state index is 13.0. The van der Waals surface area contributed by atoms with Crippen LogP contribution in [0.25, 0.3) is 0 Å². The number of carbonyl (C=O) groups excluding carboxylic acids is 2. The summed E-state index contributed by atoms with van der Waals surface area (Å²) in [5.74, 6) is 0.987. The zero-order chi connectivity index (χ0) is 18.3. The van der Waals surface area contributed by atoms with E-state index < -0.39 is 0 Å². The fraction of sp³-hybridized carbons (Fsp3) is 0.450. The average Bonchev–Trinajstić information content (AvgIpc) is 3.25. The third-order valence-corrected chi connectivity index (χ3v) is 5.70. The third-order valence-electron chi connectivity index (χ3n) is 5.70. The van der Waals surface area contributed by atoms with Crippen molar-refractivity contribution in [2.45, 2.75) is 32.2 Å². The number of carbonyl (C=O) groups is 2. The van der Waals surface area contributed by atoms with E-state index >= 15 is 0 Å². The predicted molar refractivity (Wildman–Crippen MR) is 95.6 cm³/mol. The first-order valence-electron chi connectivity index (χ1n) is 9.08. The summed E-state index contributed by atoms with van der Waals surface area (Å²) in [6.45, 7) is 5.40. The van der Waals surface area contributed by atoms with E-state index in [1.165, 1.54) is 11.8 Å². The van der Waals surface area contributed by atoms with Gasteiger partial charge in [0.2, 0.25) is 5.91 Å². The summed E-state index contributed by atoms with van der Waals surface area (Å²) >= 11 is 0. The SMILES string of the molecule is CC(=O)N1CC[C@@H]2[C@H](C1)[C@@H](c1ccccc1)CN2C(=O)c1coc(C)n1. The number of rotatable bonds is 2. The summed E-state index contributed by atoms with van der Waals surface area (Å²) in [6, 6.07) is 10.4. The first-order chi connectivity index (χ1) is 12.5. The molecule has 0 bridgehead atoms. The summed E-state index contributed by atoms with van der Waals surface area (Å²) in [5.41, 5.74) is 1.59. The highest BCUT2D eigenvalue weighted by atomic mass is 16.3. The molecule has 6 heteroatoms. The molecule has 4 rings (SSSR count). The maximum Gasteiger partial charge on any atom is 0.276 e. The van der Waals surface area contributed by atoms with Gasteiger partial charge in [-0.05, 0) is 12.0 Å². The second kappa shape index (κ2) is 6.59. The highest BCUT2D eigenvalue weighted by Gasteiger charge is 2.47. The standard InChI is InChI=1S/C20H23N3O3/c1-13-21-18(12-26-13)20(25)23-11-16(15-6-4-3-5-7-15)17-10-22(14(2)24)9-8-19(17)23/h3-7,12,16-17,19H,8-11H2,1-2H3/t16-,17-,19-/m1/s1. The Morgan fingerprint density at radius 3 is 2.62 bits per heavy atom. The maximum absolute atomic E-state index is 13.0. The minimum Gasteiger partial charge on any atom is -0.448 e. The van der Waals surface area contributed by atoms with Crippen molar-refractivity contribution >= 4 is 11.8 Å². The molecule has 2 saturated heterocycles. The molecular weight excluding hydrogens is 330 g/mol. The van der Waals surface area contributed by atoms with Crippen molar-refractivity contribution < 1.29 is 14.0 Å². The van der Waals surface area contributed by atoms with Crippen LogP contribution >= 0.6 is 0 Å². The zero-order valence-corrected chi connectivity index (χ0v) is 15.1. The van der Waals surface area contributed by atoms with E-state index in [0.29, 0.717) is 31.2 Å². The molecule has 136 valence electrons. The molecule has 1 aromatic carbocycles. The number of amides is 2. The largest absolute Gasteiger partial charge is 0.448 e. The molecule has 2 aliphatic rings. The van der Waals surface area contributed by atoms with Crippen LogP contribution in [0.4, 0.5) is 0 Å². The Kier molecular flexibility index (Phi) is 4.26. The van der Waals surface area contributed by atoms with Crippen LogP contribution in [0.2, 0.25) is 0 Å². The quantitative estimate of drug-likeness (QED) is 0.832. The molecule has 2 aromatic rings. The van der Waals surface area contributed by atoms with Crippen molar-refractivity contribution in [3.05, 3.63) is 53.7 Å². The van der Waals surface area contributed by atoms with Gasteiger partial charge in [0, 0.05) is 51.4 Å². The number of fused-ring (bicyclic) bond motifs is 1. The number of aromatic nitrogens is 1. The van der Waals surface area contributed by atoms with E-state index in [0.717, 1.165) is 6.42 Å². The van der Waals surface area contributed by atoms with Gasteiger partial charge in [-0.15, -0.1) is 0 Å². The molecule has 3 atom stereocenters. The number of hydrogen-bond acceptors (Lipinski definition) is 4. The van der Waals surface area contributed by atoms with E-state index in [1.54, 1.807) is 13.8 Å². The second-order valence-corrected chi connectivity index (χ2v) is 7.21. The lowest BCUT2D eigenvalue weighted by atomic mass is 9.82. The Balaban J connectivity index is 1.65. The van der Waals surface area contributed by atoms with Crippen molar-refractivity contribution in [2.75, 3.05) is 19.6 Å². The van der Waals surface area contributed by atoms with E-state index in [2.05, 4.69) is 17.1 Å². The molecule has 26 heavy (non-hydrogen) atoms. The lowest BCUT2D eigenvalue weighted by molar-refractivity contribution is -0.131. The van der Waals surface area contributed by atoms with E-state index in [-0.39, 0.29) is 29.7 Å². The Labute approximate surface area is 152 Å². The number of benzene rings is 1. The minimum atomic E-state index is -0.0773. The van der Waals surface area contributed by atoms with Crippen molar-refractivity contribution in [2.24, 2.45) is 5.92 Å². The van der Waals surface area contributed by atoms with Crippen LogP contribution in [0.15, 0.2) is 41.0 Å². The van der Waals surface area contributed by atoms with Crippen LogP contribution in [-0.4, -0.2) is 52.3 Å². The van der Waals surface area contributed by atoms with Crippen LogP contribution in [0.3, 0.4) is 0 Å². The molecule has 0 unspecified atom stereocenters. The third kappa shape index (κ3) is 2.89. The van der Waals surface area contributed by atoms with Crippen molar-refractivity contribution in [1.29, 1.82) is 0 Å². The summed E-state index contributed by atoms with van der Waals surface area (Å²) in [7, 11) is 0. The summed E-state index contributed by atoms with van der Waals surface area (Å²) < 4.78 is 5.23. The number of oxazole rings is 1. The van der Waals surface area contributed by atoms with Crippen LogP contribution in [0.1, 0.15) is 41.2 Å². The van der Waals surface area contributed by atoms with Gasteiger partial charge in [-0.25, -0.2) is 4.98 Å². The van der Waals surface area contributed by atoms with Crippen LogP contribution in [0.5, 0.6) is 0 Å². The van der Waals surface area contributed by atoms with Gasteiger partial charge in [0.1, 0.15) is 6.26 Å². The molecule has 2 aliphatic heterocycles. The zero-order valence-electron chi connectivity index (χ0n) is 15.1. The van der Waals surface area contributed by atoms with Gasteiger partial charge in [-0.2, -0.15) is 0 Å². The Hall–Kier alpha value is -2.63. The average molecular weight is 353 g/mol. The van der Waals surface area contributed by atoms with Crippen LogP contribution in [-0.2, 0) is 4.79 Å². The highest BCUT2D eigenvalue weighted by molar-refractivity contribution is 5.92. The van der Waals surface area contributed by atoms with Gasteiger partial charge in [-0.3, -0.25) is 9.59 Å². The predicted octanol–water partition coefficient (Wildman–Crippen LogP) is 2.46. The molecule has 0 radical (unpaired) electrons. The number of hydrogen-bond donors (Lipinski definition) is 0. The van der Waals surface area contributed by atoms with Crippen molar-refractivity contribution in [1.82, 2.24) is 14.8 Å². The normalized spacial score (nSPS) is 25.2.